The first-order chi connectivity index (χ1) is 12.6. The standard InChI is InChI=1S/C18H19Cl2N3O3/c1-25-17-18(22-9-8-21-17)26-13-5-3-12(4-6-13)23-16(24)14-10-11(19)2-7-15(14)20/h2,7-10,12-13H,3-6H2,1H3,(H,23,24). The van der Waals surface area contributed by atoms with E-state index >= 15 is 0 Å². The first-order valence-electron chi connectivity index (χ1n) is 8.34. The van der Waals surface area contributed by atoms with E-state index in [1.54, 1.807) is 30.6 Å². The Labute approximate surface area is 161 Å². The molecule has 1 aliphatic carbocycles. The molecule has 2 aromatic rings. The van der Waals surface area contributed by atoms with Gasteiger partial charge in [0.2, 0.25) is 0 Å². The number of carbonyl (C=O) groups excluding carboxylic acids is 1. The molecule has 0 aliphatic heterocycles. The molecule has 3 rings (SSSR count). The van der Waals surface area contributed by atoms with Crippen LogP contribution >= 0.6 is 23.2 Å². The largest absolute Gasteiger partial charge is 0.477 e. The Morgan fingerprint density at radius 1 is 1.12 bits per heavy atom. The van der Waals surface area contributed by atoms with Crippen LogP contribution < -0.4 is 14.8 Å². The van der Waals surface area contributed by atoms with E-state index in [0.29, 0.717) is 27.4 Å². The van der Waals surface area contributed by atoms with E-state index in [2.05, 4.69) is 15.3 Å². The van der Waals surface area contributed by atoms with Crippen molar-refractivity contribution in [1.82, 2.24) is 15.3 Å². The number of benzene rings is 1. The van der Waals surface area contributed by atoms with Gasteiger partial charge in [0.1, 0.15) is 6.10 Å². The molecule has 0 unspecified atom stereocenters. The van der Waals surface area contributed by atoms with Crippen LogP contribution in [-0.2, 0) is 0 Å². The van der Waals surface area contributed by atoms with Crippen molar-refractivity contribution in [2.75, 3.05) is 7.11 Å². The van der Waals surface area contributed by atoms with Crippen LogP contribution in [0, 0.1) is 0 Å². The van der Waals surface area contributed by atoms with Gasteiger partial charge >= 0.3 is 0 Å². The average molecular weight is 396 g/mol. The molecule has 1 aromatic carbocycles. The summed E-state index contributed by atoms with van der Waals surface area (Å²) in [4.78, 5) is 20.7. The van der Waals surface area contributed by atoms with Crippen molar-refractivity contribution < 1.29 is 14.3 Å². The fourth-order valence-corrected chi connectivity index (χ4v) is 3.33. The van der Waals surface area contributed by atoms with Gasteiger partial charge in [0.25, 0.3) is 17.7 Å². The van der Waals surface area contributed by atoms with Crippen LogP contribution in [0.3, 0.4) is 0 Å². The van der Waals surface area contributed by atoms with Crippen LogP contribution in [0.25, 0.3) is 0 Å². The molecule has 1 saturated carbocycles. The van der Waals surface area contributed by atoms with Crippen molar-refractivity contribution in [2.24, 2.45) is 0 Å². The van der Waals surface area contributed by atoms with Crippen LogP contribution in [0.15, 0.2) is 30.6 Å². The lowest BCUT2D eigenvalue weighted by molar-refractivity contribution is 0.0886. The molecule has 138 valence electrons. The quantitative estimate of drug-likeness (QED) is 0.830. The lowest BCUT2D eigenvalue weighted by atomic mass is 9.92. The van der Waals surface area contributed by atoms with Crippen LogP contribution in [0.4, 0.5) is 0 Å². The normalized spacial score (nSPS) is 19.7. The van der Waals surface area contributed by atoms with Crippen molar-refractivity contribution in [2.45, 2.75) is 37.8 Å². The van der Waals surface area contributed by atoms with Crippen LogP contribution in [0.1, 0.15) is 36.0 Å². The Hall–Kier alpha value is -2.05. The molecule has 26 heavy (non-hydrogen) atoms. The fraction of sp³-hybridized carbons (Fsp3) is 0.389. The smallest absolute Gasteiger partial charge is 0.278 e. The molecule has 1 heterocycles. The number of ether oxygens (including phenoxy) is 2. The summed E-state index contributed by atoms with van der Waals surface area (Å²) in [5.41, 5.74) is 0.391. The van der Waals surface area contributed by atoms with Gasteiger partial charge in [-0.15, -0.1) is 0 Å². The second-order valence-corrected chi connectivity index (χ2v) is 6.90. The summed E-state index contributed by atoms with van der Waals surface area (Å²) < 4.78 is 11.1. The number of carbonyl (C=O) groups is 1. The predicted molar refractivity (Wildman–Crippen MR) is 99.2 cm³/mol. The third-order valence-electron chi connectivity index (χ3n) is 4.29. The van der Waals surface area contributed by atoms with Gasteiger partial charge in [0.05, 0.1) is 17.7 Å². The van der Waals surface area contributed by atoms with E-state index in [4.69, 9.17) is 32.7 Å². The molecule has 1 aromatic heterocycles. The summed E-state index contributed by atoms with van der Waals surface area (Å²) >= 11 is 12.0. The molecule has 0 spiro atoms. The summed E-state index contributed by atoms with van der Waals surface area (Å²) in [6, 6.07) is 4.93. The number of aromatic nitrogens is 2. The highest BCUT2D eigenvalue weighted by atomic mass is 35.5. The van der Waals surface area contributed by atoms with Gasteiger partial charge in [-0.05, 0) is 43.9 Å². The second-order valence-electron chi connectivity index (χ2n) is 6.06. The molecule has 1 aliphatic rings. The highest BCUT2D eigenvalue weighted by Gasteiger charge is 2.25. The van der Waals surface area contributed by atoms with Crippen LogP contribution in [0.5, 0.6) is 11.8 Å². The second kappa shape index (κ2) is 8.56. The maximum Gasteiger partial charge on any atom is 0.278 e. The Bertz CT molecular complexity index is 780. The molecular weight excluding hydrogens is 377 g/mol. The molecule has 0 atom stereocenters. The summed E-state index contributed by atoms with van der Waals surface area (Å²) in [7, 11) is 1.53. The Balaban J connectivity index is 1.54. The first-order valence-corrected chi connectivity index (χ1v) is 9.10. The molecule has 6 nitrogen and oxygen atoms in total. The van der Waals surface area contributed by atoms with Gasteiger partial charge in [0, 0.05) is 23.5 Å². The van der Waals surface area contributed by atoms with Gasteiger partial charge in [-0.1, -0.05) is 23.2 Å². The Morgan fingerprint density at radius 2 is 1.81 bits per heavy atom. The van der Waals surface area contributed by atoms with Crippen molar-refractivity contribution in [1.29, 1.82) is 0 Å². The van der Waals surface area contributed by atoms with E-state index < -0.39 is 0 Å². The number of nitrogens with one attached hydrogen (secondary N) is 1. The SMILES string of the molecule is COc1nccnc1OC1CCC(NC(=O)c2cc(Cl)ccc2Cl)CC1. The maximum absolute atomic E-state index is 12.4. The summed E-state index contributed by atoms with van der Waals surface area (Å²) in [5, 5.41) is 3.89. The average Bonchev–Trinajstić information content (AvgIpc) is 2.65. The molecule has 0 saturated heterocycles. The minimum absolute atomic E-state index is 0.0171. The third kappa shape index (κ3) is 4.56. The highest BCUT2D eigenvalue weighted by Crippen LogP contribution is 2.27. The van der Waals surface area contributed by atoms with Gasteiger partial charge in [0.15, 0.2) is 0 Å². The zero-order valence-corrected chi connectivity index (χ0v) is 15.8. The third-order valence-corrected chi connectivity index (χ3v) is 4.85. The monoisotopic (exact) mass is 395 g/mol. The minimum atomic E-state index is -0.211. The number of amides is 1. The number of rotatable bonds is 5. The lowest BCUT2D eigenvalue weighted by Gasteiger charge is -2.29. The van der Waals surface area contributed by atoms with Crippen molar-refractivity contribution in [3.05, 3.63) is 46.2 Å². The molecule has 8 heteroatoms. The molecule has 1 N–H and O–H groups in total. The molecule has 1 fully saturated rings. The van der Waals surface area contributed by atoms with Crippen LogP contribution in [0.2, 0.25) is 10.0 Å². The van der Waals surface area contributed by atoms with Gasteiger partial charge in [-0.25, -0.2) is 9.97 Å². The van der Waals surface area contributed by atoms with Gasteiger partial charge in [-0.2, -0.15) is 0 Å². The number of hydrogen-bond acceptors (Lipinski definition) is 5. The Morgan fingerprint density at radius 3 is 2.50 bits per heavy atom. The number of methoxy groups -OCH3 is 1. The van der Waals surface area contributed by atoms with Gasteiger partial charge < -0.3 is 14.8 Å². The molecule has 1 amide bonds. The zero-order valence-electron chi connectivity index (χ0n) is 14.2. The molecule has 0 radical (unpaired) electrons. The molecule has 0 bridgehead atoms. The lowest BCUT2D eigenvalue weighted by Crippen LogP contribution is -2.39. The highest BCUT2D eigenvalue weighted by molar-refractivity contribution is 6.35. The number of nitrogens with zero attached hydrogens (tertiary/aromatic N) is 2. The number of halogens is 2. The van der Waals surface area contributed by atoms with Crippen molar-refractivity contribution in [3.63, 3.8) is 0 Å². The summed E-state index contributed by atoms with van der Waals surface area (Å²) in [6.07, 6.45) is 6.34. The molecular formula is C18H19Cl2N3O3. The number of hydrogen-bond donors (Lipinski definition) is 1. The fourth-order valence-electron chi connectivity index (χ4n) is 2.95. The summed E-state index contributed by atoms with van der Waals surface area (Å²) in [5.74, 6) is 0.559. The van der Waals surface area contributed by atoms with Crippen LogP contribution in [-0.4, -0.2) is 35.1 Å². The van der Waals surface area contributed by atoms with E-state index in [-0.39, 0.29) is 18.1 Å². The van der Waals surface area contributed by atoms with Crippen molar-refractivity contribution >= 4 is 29.1 Å². The maximum atomic E-state index is 12.4. The van der Waals surface area contributed by atoms with Crippen molar-refractivity contribution in [3.8, 4) is 11.8 Å². The summed E-state index contributed by atoms with van der Waals surface area (Å²) in [6.45, 7) is 0. The van der Waals surface area contributed by atoms with E-state index in [9.17, 15) is 4.79 Å². The van der Waals surface area contributed by atoms with E-state index in [1.165, 1.54) is 7.11 Å². The zero-order chi connectivity index (χ0) is 18.5. The van der Waals surface area contributed by atoms with Gasteiger partial charge in [-0.3, -0.25) is 4.79 Å². The van der Waals surface area contributed by atoms with E-state index in [1.807, 2.05) is 0 Å². The first kappa shape index (κ1) is 18.7. The minimum Gasteiger partial charge on any atom is -0.477 e. The predicted octanol–water partition coefficient (Wildman–Crippen LogP) is 3.91. The topological polar surface area (TPSA) is 73.3 Å². The van der Waals surface area contributed by atoms with E-state index in [0.717, 1.165) is 25.7 Å². The Kier molecular flexibility index (Phi) is 6.16.